The molecule has 1 aromatic heterocycles. The molecule has 3 amide bonds. The van der Waals surface area contributed by atoms with Crippen molar-refractivity contribution in [3.05, 3.63) is 52.2 Å². The molecule has 0 bridgehead atoms. The van der Waals surface area contributed by atoms with Gasteiger partial charge in [0.2, 0.25) is 5.91 Å². The molecule has 0 radical (unpaired) electrons. The fourth-order valence-electron chi connectivity index (χ4n) is 2.42. The van der Waals surface area contributed by atoms with Gasteiger partial charge >= 0.3 is 6.03 Å². The summed E-state index contributed by atoms with van der Waals surface area (Å²) in [4.78, 5) is 24.5. The molecule has 2 N–H and O–H groups in total. The van der Waals surface area contributed by atoms with Gasteiger partial charge in [0.1, 0.15) is 10.6 Å². The smallest absolute Gasteiger partial charge is 0.341 e. The number of benzene rings is 1. The SMILES string of the molecule is CCOc1ccc(CCNC(=O)/C=C/c2cccs2)cc1S(=O)(=O)N(S)C(=O)NC. The Bertz CT molecular complexity index is 1000. The van der Waals surface area contributed by atoms with Gasteiger partial charge < -0.3 is 15.4 Å². The van der Waals surface area contributed by atoms with Crippen LogP contribution in [0.15, 0.2) is 46.7 Å². The van der Waals surface area contributed by atoms with Crippen LogP contribution in [0, 0.1) is 0 Å². The molecule has 0 aliphatic heterocycles. The van der Waals surface area contributed by atoms with Crippen LogP contribution in [0.1, 0.15) is 17.4 Å². The van der Waals surface area contributed by atoms with E-state index in [0.717, 1.165) is 4.88 Å². The summed E-state index contributed by atoms with van der Waals surface area (Å²) in [5, 5.41) is 6.88. The van der Waals surface area contributed by atoms with Crippen molar-refractivity contribution in [2.75, 3.05) is 20.2 Å². The molecule has 0 aliphatic carbocycles. The van der Waals surface area contributed by atoms with Crippen molar-refractivity contribution >= 4 is 52.2 Å². The lowest BCUT2D eigenvalue weighted by Gasteiger charge is -2.18. The fraction of sp³-hybridized carbons (Fsp3) is 0.263. The second kappa shape index (κ2) is 11.0. The molecule has 0 aliphatic rings. The third kappa shape index (κ3) is 6.25. The van der Waals surface area contributed by atoms with Crippen molar-refractivity contribution in [1.29, 1.82) is 0 Å². The minimum absolute atomic E-state index is 0.118. The van der Waals surface area contributed by atoms with E-state index in [1.807, 2.05) is 17.5 Å². The number of hydrogen-bond acceptors (Lipinski definition) is 7. The van der Waals surface area contributed by atoms with Gasteiger partial charge in [0.25, 0.3) is 10.0 Å². The number of sulfonamides is 1. The fourth-order valence-corrected chi connectivity index (χ4v) is 4.57. The summed E-state index contributed by atoms with van der Waals surface area (Å²) in [5.74, 6) is -0.129. The van der Waals surface area contributed by atoms with E-state index >= 15 is 0 Å². The average molecular weight is 470 g/mol. The summed E-state index contributed by atoms with van der Waals surface area (Å²) in [6.07, 6.45) is 3.56. The topological polar surface area (TPSA) is 105 Å². The van der Waals surface area contributed by atoms with Gasteiger partial charge in [-0.2, -0.15) is 12.1 Å². The zero-order valence-corrected chi connectivity index (χ0v) is 19.0. The minimum Gasteiger partial charge on any atom is -0.492 e. The highest BCUT2D eigenvalue weighted by Crippen LogP contribution is 2.29. The largest absolute Gasteiger partial charge is 0.492 e. The number of hydrogen-bond donors (Lipinski definition) is 3. The zero-order chi connectivity index (χ0) is 22.1. The first-order valence-electron chi connectivity index (χ1n) is 9.00. The molecule has 0 saturated carbocycles. The number of nitrogens with zero attached hydrogens (tertiary/aromatic N) is 1. The highest BCUT2D eigenvalue weighted by Gasteiger charge is 2.29. The van der Waals surface area contributed by atoms with Crippen molar-refractivity contribution in [3.8, 4) is 5.75 Å². The second-order valence-corrected chi connectivity index (χ2v) is 9.31. The predicted octanol–water partition coefficient (Wildman–Crippen LogP) is 2.69. The lowest BCUT2D eigenvalue weighted by molar-refractivity contribution is -0.116. The molecule has 0 saturated heterocycles. The van der Waals surface area contributed by atoms with Gasteiger partial charge in [0.15, 0.2) is 0 Å². The number of nitrogens with one attached hydrogen (secondary N) is 2. The van der Waals surface area contributed by atoms with Crippen molar-refractivity contribution < 1.29 is 22.7 Å². The Morgan fingerprint density at radius 2 is 2.07 bits per heavy atom. The van der Waals surface area contributed by atoms with Crippen LogP contribution in [-0.2, 0) is 21.2 Å². The average Bonchev–Trinajstić information content (AvgIpc) is 3.25. The van der Waals surface area contributed by atoms with Gasteiger partial charge in [-0.3, -0.25) is 4.79 Å². The van der Waals surface area contributed by atoms with Crippen molar-refractivity contribution in [2.24, 2.45) is 0 Å². The minimum atomic E-state index is -4.24. The third-order valence-electron chi connectivity index (χ3n) is 3.86. The second-order valence-electron chi connectivity index (χ2n) is 5.91. The number of carbonyl (C=O) groups excluding carboxylic acids is 2. The van der Waals surface area contributed by atoms with E-state index in [9.17, 15) is 18.0 Å². The number of thiophene rings is 1. The summed E-state index contributed by atoms with van der Waals surface area (Å²) < 4.78 is 31.3. The van der Waals surface area contributed by atoms with E-state index < -0.39 is 16.1 Å². The van der Waals surface area contributed by atoms with Crippen LogP contribution < -0.4 is 15.4 Å². The summed E-state index contributed by atoms with van der Waals surface area (Å²) in [6.45, 7) is 2.28. The van der Waals surface area contributed by atoms with Gasteiger partial charge in [-0.25, -0.2) is 4.79 Å². The van der Waals surface area contributed by atoms with Crippen molar-refractivity contribution in [1.82, 2.24) is 14.3 Å². The maximum Gasteiger partial charge on any atom is 0.341 e. The number of rotatable bonds is 9. The molecule has 11 heteroatoms. The van der Waals surface area contributed by atoms with Crippen LogP contribution in [-0.4, -0.2) is 44.3 Å². The van der Waals surface area contributed by atoms with E-state index in [1.54, 1.807) is 19.1 Å². The summed E-state index contributed by atoms with van der Waals surface area (Å²) in [5.41, 5.74) is 0.651. The molecule has 1 aromatic carbocycles. The van der Waals surface area contributed by atoms with E-state index in [2.05, 4.69) is 23.4 Å². The predicted molar refractivity (Wildman–Crippen MR) is 120 cm³/mol. The molecule has 162 valence electrons. The van der Waals surface area contributed by atoms with Crippen LogP contribution in [0.2, 0.25) is 0 Å². The van der Waals surface area contributed by atoms with Gasteiger partial charge in [-0.1, -0.05) is 12.1 Å². The Morgan fingerprint density at radius 1 is 1.30 bits per heavy atom. The summed E-state index contributed by atoms with van der Waals surface area (Å²) >= 11 is 5.33. The summed E-state index contributed by atoms with van der Waals surface area (Å²) in [7, 11) is -2.94. The van der Waals surface area contributed by atoms with E-state index in [1.165, 1.54) is 36.6 Å². The van der Waals surface area contributed by atoms with Gasteiger partial charge in [0.05, 0.1) is 6.61 Å². The molecule has 0 unspecified atom stereocenters. The van der Waals surface area contributed by atoms with E-state index in [0.29, 0.717) is 22.2 Å². The van der Waals surface area contributed by atoms with Crippen LogP contribution in [0.3, 0.4) is 0 Å². The highest BCUT2D eigenvalue weighted by molar-refractivity contribution is 8.00. The molecule has 0 spiro atoms. The maximum atomic E-state index is 12.8. The Balaban J connectivity index is 2.11. The molecule has 0 fully saturated rings. The molecule has 0 atom stereocenters. The first-order valence-corrected chi connectivity index (χ1v) is 11.7. The van der Waals surface area contributed by atoms with Crippen LogP contribution in [0.4, 0.5) is 4.79 Å². The third-order valence-corrected chi connectivity index (χ3v) is 7.02. The lowest BCUT2D eigenvalue weighted by Crippen LogP contribution is -2.36. The molecule has 2 rings (SSSR count). The maximum absolute atomic E-state index is 12.8. The number of urea groups is 1. The Hall–Kier alpha value is -2.50. The highest BCUT2D eigenvalue weighted by atomic mass is 32.3. The Labute approximate surface area is 185 Å². The molecule has 8 nitrogen and oxygen atoms in total. The zero-order valence-electron chi connectivity index (χ0n) is 16.5. The quantitative estimate of drug-likeness (QED) is 0.387. The molecular weight excluding hydrogens is 446 g/mol. The van der Waals surface area contributed by atoms with Gasteiger partial charge in [0, 0.05) is 24.5 Å². The standard InChI is InChI=1S/C19H23N3O5S3/c1-3-27-16-8-6-14(13-17(16)30(25,26)22(28)19(24)20-2)10-11-21-18(23)9-7-15-5-4-12-29-15/h4-9,12-13,28H,3,10-11H2,1-2H3,(H,20,24)(H,21,23)/b9-7+. The lowest BCUT2D eigenvalue weighted by atomic mass is 10.1. The van der Waals surface area contributed by atoms with Crippen LogP contribution in [0.25, 0.3) is 6.08 Å². The van der Waals surface area contributed by atoms with Crippen LogP contribution in [0.5, 0.6) is 5.75 Å². The van der Waals surface area contributed by atoms with Gasteiger partial charge in [-0.05, 0) is 61.4 Å². The Kier molecular flexibility index (Phi) is 8.75. The number of ether oxygens (including phenoxy) is 1. The molecule has 2 aromatic rings. The van der Waals surface area contributed by atoms with Crippen molar-refractivity contribution in [3.63, 3.8) is 0 Å². The van der Waals surface area contributed by atoms with E-state index in [-0.39, 0.29) is 23.2 Å². The molecule has 30 heavy (non-hydrogen) atoms. The van der Waals surface area contributed by atoms with Crippen molar-refractivity contribution in [2.45, 2.75) is 18.2 Å². The number of thiol groups is 1. The van der Waals surface area contributed by atoms with Gasteiger partial charge in [-0.15, -0.1) is 11.3 Å². The van der Waals surface area contributed by atoms with Crippen LogP contribution >= 0.6 is 24.2 Å². The number of amides is 3. The summed E-state index contributed by atoms with van der Waals surface area (Å²) in [6, 6.07) is 7.56. The molecule has 1 heterocycles. The Morgan fingerprint density at radius 3 is 2.70 bits per heavy atom. The number of carbonyl (C=O) groups is 2. The first-order chi connectivity index (χ1) is 14.3. The first kappa shape index (κ1) is 23.8. The monoisotopic (exact) mass is 469 g/mol. The normalized spacial score (nSPS) is 11.3. The molecular formula is C19H23N3O5S3. The van der Waals surface area contributed by atoms with E-state index in [4.69, 9.17) is 4.74 Å².